The Hall–Kier alpha value is -0.590. The number of rotatable bonds is 8. The molecule has 0 unspecified atom stereocenters. The van der Waals surface area contributed by atoms with Crippen molar-refractivity contribution < 1.29 is 4.79 Å². The predicted molar refractivity (Wildman–Crippen MR) is 53.2 cm³/mol. The maximum atomic E-state index is 11.0. The predicted octanol–water partition coefficient (Wildman–Crippen LogP) is 3.49. The van der Waals surface area contributed by atoms with Gasteiger partial charge in [0.25, 0.3) is 0 Å². The molecule has 1 heteroatoms. The molecule has 0 aromatic rings. The number of hydrogen-bond acceptors (Lipinski definition) is 1. The summed E-state index contributed by atoms with van der Waals surface area (Å²) < 4.78 is 0. The quantitative estimate of drug-likeness (QED) is 0.400. The second kappa shape index (κ2) is 8.51. The van der Waals surface area contributed by atoms with Gasteiger partial charge in [-0.1, -0.05) is 38.7 Å². The van der Waals surface area contributed by atoms with Crippen molar-refractivity contribution >= 4 is 5.78 Å². The summed E-state index contributed by atoms with van der Waals surface area (Å²) in [4.78, 5) is 11.0. The molecule has 12 heavy (non-hydrogen) atoms. The van der Waals surface area contributed by atoms with Crippen molar-refractivity contribution in [2.75, 3.05) is 0 Å². The Kier molecular flexibility index (Phi) is 8.09. The van der Waals surface area contributed by atoms with Crippen molar-refractivity contribution in [3.05, 3.63) is 12.7 Å². The number of allylic oxidation sites excluding steroid dienone is 1. The molecule has 0 atom stereocenters. The summed E-state index contributed by atoms with van der Waals surface area (Å²) in [5.41, 5.74) is 0. The smallest absolute Gasteiger partial charge is 0.136 e. The van der Waals surface area contributed by atoms with E-state index in [9.17, 15) is 4.79 Å². The van der Waals surface area contributed by atoms with Crippen LogP contribution in [0.2, 0.25) is 0 Å². The standard InChI is InChI=1S/C11H20O/c1-3-5-6-7-8-10-11(12)9-4-2/h4H,2-3,5-10H2,1H3. The van der Waals surface area contributed by atoms with Crippen LogP contribution >= 0.6 is 0 Å². The Balaban J connectivity index is 3.08. The number of ketones is 1. The zero-order valence-electron chi connectivity index (χ0n) is 8.14. The first-order chi connectivity index (χ1) is 5.81. The van der Waals surface area contributed by atoms with Gasteiger partial charge in [-0.3, -0.25) is 4.79 Å². The molecule has 0 fully saturated rings. The molecule has 0 aliphatic heterocycles. The third-order valence-corrected chi connectivity index (χ3v) is 1.93. The van der Waals surface area contributed by atoms with Gasteiger partial charge < -0.3 is 0 Å². The van der Waals surface area contributed by atoms with Gasteiger partial charge in [0.15, 0.2) is 0 Å². The Morgan fingerprint density at radius 3 is 2.50 bits per heavy atom. The van der Waals surface area contributed by atoms with Crippen molar-refractivity contribution in [2.24, 2.45) is 0 Å². The summed E-state index contributed by atoms with van der Waals surface area (Å²) in [5.74, 6) is 0.335. The van der Waals surface area contributed by atoms with Gasteiger partial charge in [-0.25, -0.2) is 0 Å². The molecule has 0 radical (unpaired) electrons. The first-order valence-electron chi connectivity index (χ1n) is 4.93. The van der Waals surface area contributed by atoms with E-state index in [-0.39, 0.29) is 0 Å². The minimum Gasteiger partial charge on any atom is -0.299 e. The van der Waals surface area contributed by atoms with E-state index in [1.165, 1.54) is 25.7 Å². The minimum atomic E-state index is 0.335. The number of Topliss-reactive ketones (excluding diaryl/α,β-unsaturated/α-hetero) is 1. The summed E-state index contributed by atoms with van der Waals surface area (Å²) >= 11 is 0. The summed E-state index contributed by atoms with van der Waals surface area (Å²) in [6, 6.07) is 0. The molecular formula is C11H20O. The molecule has 0 saturated heterocycles. The fraction of sp³-hybridized carbons (Fsp3) is 0.727. The van der Waals surface area contributed by atoms with Gasteiger partial charge in [0.2, 0.25) is 0 Å². The van der Waals surface area contributed by atoms with E-state index in [1.807, 2.05) is 0 Å². The molecule has 0 heterocycles. The fourth-order valence-electron chi connectivity index (χ4n) is 1.19. The highest BCUT2D eigenvalue weighted by atomic mass is 16.1. The summed E-state index contributed by atoms with van der Waals surface area (Å²) in [6.07, 6.45) is 9.09. The van der Waals surface area contributed by atoms with Crippen molar-refractivity contribution in [2.45, 2.75) is 51.9 Å². The highest BCUT2D eigenvalue weighted by Gasteiger charge is 1.97. The molecule has 0 bridgehead atoms. The van der Waals surface area contributed by atoms with Crippen LogP contribution in [0.15, 0.2) is 12.7 Å². The number of carbonyl (C=O) groups is 1. The normalized spacial score (nSPS) is 9.75. The molecule has 0 saturated carbocycles. The first kappa shape index (κ1) is 11.4. The highest BCUT2D eigenvalue weighted by Crippen LogP contribution is 2.06. The van der Waals surface area contributed by atoms with E-state index in [1.54, 1.807) is 6.08 Å². The van der Waals surface area contributed by atoms with Crippen molar-refractivity contribution in [3.8, 4) is 0 Å². The van der Waals surface area contributed by atoms with Gasteiger partial charge in [0, 0.05) is 12.8 Å². The second-order valence-corrected chi connectivity index (χ2v) is 3.20. The third kappa shape index (κ3) is 7.52. The molecule has 0 aliphatic rings. The molecule has 0 aliphatic carbocycles. The lowest BCUT2D eigenvalue weighted by Gasteiger charge is -1.97. The highest BCUT2D eigenvalue weighted by molar-refractivity contribution is 5.79. The second-order valence-electron chi connectivity index (χ2n) is 3.20. The first-order valence-corrected chi connectivity index (χ1v) is 4.93. The molecular weight excluding hydrogens is 148 g/mol. The number of carbonyl (C=O) groups excluding carboxylic acids is 1. The van der Waals surface area contributed by atoms with E-state index < -0.39 is 0 Å². The van der Waals surface area contributed by atoms with Gasteiger partial charge in [-0.15, -0.1) is 6.58 Å². The van der Waals surface area contributed by atoms with Gasteiger partial charge >= 0.3 is 0 Å². The average molecular weight is 168 g/mol. The van der Waals surface area contributed by atoms with Crippen LogP contribution in [0.1, 0.15) is 51.9 Å². The monoisotopic (exact) mass is 168 g/mol. The Bertz CT molecular complexity index is 127. The number of unbranched alkanes of at least 4 members (excludes halogenated alkanes) is 4. The van der Waals surface area contributed by atoms with Gasteiger partial charge in [0.1, 0.15) is 5.78 Å². The lowest BCUT2D eigenvalue weighted by atomic mass is 10.1. The maximum Gasteiger partial charge on any atom is 0.136 e. The van der Waals surface area contributed by atoms with Gasteiger partial charge in [0.05, 0.1) is 0 Å². The lowest BCUT2D eigenvalue weighted by Crippen LogP contribution is -1.94. The van der Waals surface area contributed by atoms with Gasteiger partial charge in [-0.05, 0) is 6.42 Å². The van der Waals surface area contributed by atoms with E-state index >= 15 is 0 Å². The van der Waals surface area contributed by atoms with Crippen LogP contribution in [-0.2, 0) is 4.79 Å². The Morgan fingerprint density at radius 2 is 1.92 bits per heavy atom. The van der Waals surface area contributed by atoms with Crippen LogP contribution < -0.4 is 0 Å². The van der Waals surface area contributed by atoms with Crippen molar-refractivity contribution in [1.29, 1.82) is 0 Å². The topological polar surface area (TPSA) is 17.1 Å². The molecule has 0 aromatic heterocycles. The lowest BCUT2D eigenvalue weighted by molar-refractivity contribution is -0.118. The van der Waals surface area contributed by atoms with Crippen LogP contribution in [0.3, 0.4) is 0 Å². The van der Waals surface area contributed by atoms with E-state index in [0.717, 1.165) is 12.8 Å². The third-order valence-electron chi connectivity index (χ3n) is 1.93. The largest absolute Gasteiger partial charge is 0.299 e. The minimum absolute atomic E-state index is 0.335. The molecule has 0 spiro atoms. The maximum absolute atomic E-state index is 11.0. The molecule has 70 valence electrons. The molecule has 1 nitrogen and oxygen atoms in total. The Labute approximate surface area is 75.9 Å². The summed E-state index contributed by atoms with van der Waals surface area (Å²) in [7, 11) is 0. The molecule has 0 N–H and O–H groups in total. The van der Waals surface area contributed by atoms with Crippen LogP contribution in [-0.4, -0.2) is 5.78 Å². The van der Waals surface area contributed by atoms with E-state index in [4.69, 9.17) is 0 Å². The van der Waals surface area contributed by atoms with Crippen LogP contribution in [0.25, 0.3) is 0 Å². The SMILES string of the molecule is C=CCC(=O)CCCCCCC. The van der Waals surface area contributed by atoms with E-state index in [2.05, 4.69) is 13.5 Å². The zero-order chi connectivity index (χ0) is 9.23. The van der Waals surface area contributed by atoms with Crippen LogP contribution in [0, 0.1) is 0 Å². The molecule has 0 rings (SSSR count). The van der Waals surface area contributed by atoms with Crippen molar-refractivity contribution in [3.63, 3.8) is 0 Å². The number of hydrogen-bond donors (Lipinski definition) is 0. The molecule has 0 amide bonds. The Morgan fingerprint density at radius 1 is 1.25 bits per heavy atom. The van der Waals surface area contributed by atoms with E-state index in [0.29, 0.717) is 12.2 Å². The van der Waals surface area contributed by atoms with Crippen LogP contribution in [0.5, 0.6) is 0 Å². The van der Waals surface area contributed by atoms with Crippen LogP contribution in [0.4, 0.5) is 0 Å². The fourth-order valence-corrected chi connectivity index (χ4v) is 1.19. The average Bonchev–Trinajstić information content (AvgIpc) is 2.05. The van der Waals surface area contributed by atoms with Gasteiger partial charge in [-0.2, -0.15) is 0 Å². The van der Waals surface area contributed by atoms with Crippen molar-refractivity contribution in [1.82, 2.24) is 0 Å². The molecule has 0 aromatic carbocycles. The summed E-state index contributed by atoms with van der Waals surface area (Å²) in [6.45, 7) is 5.73. The zero-order valence-corrected chi connectivity index (χ0v) is 8.14. The summed E-state index contributed by atoms with van der Waals surface area (Å²) in [5, 5.41) is 0.